The zero-order chi connectivity index (χ0) is 20.7. The van der Waals surface area contributed by atoms with Crippen LogP contribution in [0.4, 0.5) is 0 Å². The summed E-state index contributed by atoms with van der Waals surface area (Å²) in [5.74, 6) is 1.53. The Bertz CT molecular complexity index is 845. The van der Waals surface area contributed by atoms with Crippen LogP contribution < -0.4 is 15.4 Å². The number of hydrogen-bond acceptors (Lipinski definition) is 4. The quantitative estimate of drug-likeness (QED) is 0.591. The molecule has 1 heterocycles. The Hall–Kier alpha value is -3.09. The molecule has 0 fully saturated rings. The molecule has 2 N–H and O–H groups in total. The van der Waals surface area contributed by atoms with Crippen LogP contribution in [0.2, 0.25) is 0 Å². The number of carbonyl (C=O) groups excluding carboxylic acids is 1. The first-order valence-electron chi connectivity index (χ1n) is 9.11. The standard InChI is InChI=1S/C21H29N5O2/c1-14-11-23-18(15(2)19(14)28-6)13-25-21(22-3)24-12-16-7-9-17(10-8-16)20(27)26(4)5/h7-11H,12-13H2,1-6H3,(H2,22,24,25). The van der Waals surface area contributed by atoms with E-state index < -0.39 is 0 Å². The summed E-state index contributed by atoms with van der Waals surface area (Å²) in [4.78, 5) is 22.3. The monoisotopic (exact) mass is 383 g/mol. The molecule has 2 rings (SSSR count). The number of aryl methyl sites for hydroxylation is 1. The minimum Gasteiger partial charge on any atom is -0.496 e. The molecule has 1 aromatic carbocycles. The normalized spacial score (nSPS) is 11.1. The highest BCUT2D eigenvalue weighted by Crippen LogP contribution is 2.23. The van der Waals surface area contributed by atoms with Gasteiger partial charge < -0.3 is 20.3 Å². The molecule has 0 bridgehead atoms. The SMILES string of the molecule is CN=C(NCc1ccc(C(=O)N(C)C)cc1)NCc1ncc(C)c(OC)c1C. The number of guanidine groups is 1. The van der Waals surface area contributed by atoms with Crippen molar-refractivity contribution in [3.8, 4) is 5.75 Å². The Kier molecular flexibility index (Phi) is 7.37. The maximum absolute atomic E-state index is 11.9. The average Bonchev–Trinajstić information content (AvgIpc) is 2.69. The van der Waals surface area contributed by atoms with Crippen LogP contribution in [0.5, 0.6) is 5.75 Å². The second kappa shape index (κ2) is 9.73. The van der Waals surface area contributed by atoms with Crippen LogP contribution in [0.1, 0.15) is 32.7 Å². The topological polar surface area (TPSA) is 78.9 Å². The molecule has 0 atom stereocenters. The molecule has 7 nitrogen and oxygen atoms in total. The molecule has 1 aromatic heterocycles. The third-order valence-corrected chi connectivity index (χ3v) is 4.46. The van der Waals surface area contributed by atoms with Gasteiger partial charge in [-0.05, 0) is 31.5 Å². The van der Waals surface area contributed by atoms with E-state index in [1.807, 2.05) is 44.3 Å². The Balaban J connectivity index is 1.94. The number of nitrogens with one attached hydrogen (secondary N) is 2. The second-order valence-corrected chi connectivity index (χ2v) is 6.72. The zero-order valence-electron chi connectivity index (χ0n) is 17.5. The van der Waals surface area contributed by atoms with Crippen LogP contribution in [0, 0.1) is 13.8 Å². The van der Waals surface area contributed by atoms with Crippen molar-refractivity contribution < 1.29 is 9.53 Å². The van der Waals surface area contributed by atoms with Gasteiger partial charge in [-0.2, -0.15) is 0 Å². The van der Waals surface area contributed by atoms with Crippen molar-refractivity contribution in [2.45, 2.75) is 26.9 Å². The van der Waals surface area contributed by atoms with E-state index in [1.54, 1.807) is 33.2 Å². The number of nitrogens with zero attached hydrogens (tertiary/aromatic N) is 3. The molecular weight excluding hydrogens is 354 g/mol. The molecule has 0 saturated carbocycles. The highest BCUT2D eigenvalue weighted by atomic mass is 16.5. The summed E-state index contributed by atoms with van der Waals surface area (Å²) >= 11 is 0. The van der Waals surface area contributed by atoms with Gasteiger partial charge in [0.25, 0.3) is 5.91 Å². The van der Waals surface area contributed by atoms with Gasteiger partial charge in [0.2, 0.25) is 0 Å². The number of benzene rings is 1. The molecule has 28 heavy (non-hydrogen) atoms. The summed E-state index contributed by atoms with van der Waals surface area (Å²) in [5.41, 5.74) is 4.68. The van der Waals surface area contributed by atoms with Crippen molar-refractivity contribution in [3.05, 3.63) is 58.4 Å². The first kappa shape index (κ1) is 21.2. The lowest BCUT2D eigenvalue weighted by atomic mass is 10.1. The number of hydrogen-bond donors (Lipinski definition) is 2. The fourth-order valence-corrected chi connectivity index (χ4v) is 2.85. The van der Waals surface area contributed by atoms with Gasteiger partial charge >= 0.3 is 0 Å². The van der Waals surface area contributed by atoms with Crippen molar-refractivity contribution in [1.82, 2.24) is 20.5 Å². The van der Waals surface area contributed by atoms with E-state index in [9.17, 15) is 4.79 Å². The van der Waals surface area contributed by atoms with Gasteiger partial charge in [0, 0.05) is 50.6 Å². The van der Waals surface area contributed by atoms with Crippen molar-refractivity contribution in [2.75, 3.05) is 28.3 Å². The lowest BCUT2D eigenvalue weighted by Crippen LogP contribution is -2.36. The number of ether oxygens (including phenoxy) is 1. The Morgan fingerprint density at radius 3 is 2.36 bits per heavy atom. The molecule has 0 aliphatic heterocycles. The van der Waals surface area contributed by atoms with E-state index in [0.717, 1.165) is 28.1 Å². The highest BCUT2D eigenvalue weighted by molar-refractivity contribution is 5.93. The molecule has 2 aromatic rings. The smallest absolute Gasteiger partial charge is 0.253 e. The molecule has 0 spiro atoms. The number of pyridine rings is 1. The first-order chi connectivity index (χ1) is 13.4. The molecule has 7 heteroatoms. The van der Waals surface area contributed by atoms with Crippen LogP contribution in [-0.2, 0) is 13.1 Å². The van der Waals surface area contributed by atoms with Gasteiger partial charge in [0.1, 0.15) is 5.75 Å². The van der Waals surface area contributed by atoms with E-state index in [2.05, 4.69) is 20.6 Å². The molecule has 150 valence electrons. The zero-order valence-corrected chi connectivity index (χ0v) is 17.5. The van der Waals surface area contributed by atoms with Gasteiger partial charge in [-0.15, -0.1) is 0 Å². The third kappa shape index (κ3) is 5.22. The molecule has 0 radical (unpaired) electrons. The molecule has 0 saturated heterocycles. The van der Waals surface area contributed by atoms with E-state index in [-0.39, 0.29) is 5.91 Å². The molecule has 1 amide bonds. The number of amides is 1. The first-order valence-corrected chi connectivity index (χ1v) is 9.11. The third-order valence-electron chi connectivity index (χ3n) is 4.46. The van der Waals surface area contributed by atoms with Crippen LogP contribution in [-0.4, -0.2) is 50.0 Å². The van der Waals surface area contributed by atoms with Crippen LogP contribution in [0.25, 0.3) is 0 Å². The van der Waals surface area contributed by atoms with Crippen molar-refractivity contribution in [1.29, 1.82) is 0 Å². The Morgan fingerprint density at radius 1 is 1.14 bits per heavy atom. The number of methoxy groups -OCH3 is 1. The fourth-order valence-electron chi connectivity index (χ4n) is 2.85. The minimum absolute atomic E-state index is 0.00613. The van der Waals surface area contributed by atoms with E-state index in [0.29, 0.717) is 24.6 Å². The number of aromatic nitrogens is 1. The van der Waals surface area contributed by atoms with Gasteiger partial charge in [0.15, 0.2) is 5.96 Å². The Morgan fingerprint density at radius 2 is 1.79 bits per heavy atom. The van der Waals surface area contributed by atoms with Crippen molar-refractivity contribution >= 4 is 11.9 Å². The average molecular weight is 383 g/mol. The largest absolute Gasteiger partial charge is 0.496 e. The number of aliphatic imine (C=N–C) groups is 1. The predicted octanol–water partition coefficient (Wildman–Crippen LogP) is 2.27. The summed E-state index contributed by atoms with van der Waals surface area (Å²) in [5, 5.41) is 6.54. The maximum atomic E-state index is 11.9. The Labute approximate surface area is 166 Å². The summed E-state index contributed by atoms with van der Waals surface area (Å²) < 4.78 is 5.46. The van der Waals surface area contributed by atoms with Crippen LogP contribution >= 0.6 is 0 Å². The fraction of sp³-hybridized carbons (Fsp3) is 0.381. The minimum atomic E-state index is -0.00613. The van der Waals surface area contributed by atoms with E-state index in [4.69, 9.17) is 4.74 Å². The van der Waals surface area contributed by atoms with Gasteiger partial charge in [0.05, 0.1) is 19.3 Å². The van der Waals surface area contributed by atoms with E-state index in [1.165, 1.54) is 0 Å². The molecule has 0 aliphatic rings. The highest BCUT2D eigenvalue weighted by Gasteiger charge is 2.10. The van der Waals surface area contributed by atoms with Crippen molar-refractivity contribution in [2.24, 2.45) is 4.99 Å². The summed E-state index contributed by atoms with van der Waals surface area (Å²) in [6.45, 7) is 5.12. The van der Waals surface area contributed by atoms with Crippen LogP contribution in [0.15, 0.2) is 35.5 Å². The van der Waals surface area contributed by atoms with Gasteiger partial charge in [-0.3, -0.25) is 14.8 Å². The lowest BCUT2D eigenvalue weighted by molar-refractivity contribution is 0.0827. The molecule has 0 unspecified atom stereocenters. The molecule has 0 aliphatic carbocycles. The van der Waals surface area contributed by atoms with Gasteiger partial charge in [-0.1, -0.05) is 12.1 Å². The van der Waals surface area contributed by atoms with Gasteiger partial charge in [-0.25, -0.2) is 0 Å². The summed E-state index contributed by atoms with van der Waals surface area (Å²) in [7, 11) is 6.88. The van der Waals surface area contributed by atoms with E-state index >= 15 is 0 Å². The number of rotatable bonds is 6. The maximum Gasteiger partial charge on any atom is 0.253 e. The summed E-state index contributed by atoms with van der Waals surface area (Å²) in [6, 6.07) is 7.55. The van der Waals surface area contributed by atoms with Crippen LogP contribution in [0.3, 0.4) is 0 Å². The predicted molar refractivity (Wildman–Crippen MR) is 112 cm³/mol. The number of carbonyl (C=O) groups is 1. The summed E-state index contributed by atoms with van der Waals surface area (Å²) in [6.07, 6.45) is 1.82. The van der Waals surface area contributed by atoms with Crippen molar-refractivity contribution in [3.63, 3.8) is 0 Å². The molecular formula is C21H29N5O2. The second-order valence-electron chi connectivity index (χ2n) is 6.72. The lowest BCUT2D eigenvalue weighted by Gasteiger charge is -2.15.